The molecule has 0 saturated heterocycles. The van der Waals surface area contributed by atoms with Crippen LogP contribution < -0.4 is 10.1 Å². The molecule has 3 heteroatoms. The van der Waals surface area contributed by atoms with Crippen LogP contribution in [0.5, 0.6) is 5.75 Å². The van der Waals surface area contributed by atoms with E-state index in [-0.39, 0.29) is 5.91 Å². The van der Waals surface area contributed by atoms with Crippen LogP contribution in [0.1, 0.15) is 35.1 Å². The second-order valence-corrected chi connectivity index (χ2v) is 6.09. The maximum atomic E-state index is 12.0. The predicted molar refractivity (Wildman–Crippen MR) is 95.2 cm³/mol. The van der Waals surface area contributed by atoms with E-state index in [0.29, 0.717) is 19.4 Å². The third kappa shape index (κ3) is 5.13. The number of hydrogen-bond acceptors (Lipinski definition) is 2. The van der Waals surface area contributed by atoms with Gasteiger partial charge in [0, 0.05) is 12.1 Å². The van der Waals surface area contributed by atoms with Gasteiger partial charge in [-0.2, -0.15) is 0 Å². The monoisotopic (exact) mass is 311 g/mol. The fourth-order valence-electron chi connectivity index (χ4n) is 2.46. The standard InChI is InChI=1S/C20H25NO2/c1-14-8-10-19(17(4)12-14)23-11-5-6-20(22)21-18-13-15(2)7-9-16(18)3/h7-10,12-13H,5-6,11H2,1-4H3,(H,21,22). The number of nitrogens with one attached hydrogen (secondary N) is 1. The minimum absolute atomic E-state index is 0.0305. The highest BCUT2D eigenvalue weighted by molar-refractivity contribution is 5.91. The smallest absolute Gasteiger partial charge is 0.224 e. The Hall–Kier alpha value is -2.29. The molecular weight excluding hydrogens is 286 g/mol. The Morgan fingerprint density at radius 3 is 2.39 bits per heavy atom. The van der Waals surface area contributed by atoms with E-state index in [1.807, 2.05) is 51.1 Å². The van der Waals surface area contributed by atoms with Crippen molar-refractivity contribution >= 4 is 11.6 Å². The molecule has 2 aromatic carbocycles. The molecule has 3 nitrogen and oxygen atoms in total. The van der Waals surface area contributed by atoms with Gasteiger partial charge in [-0.15, -0.1) is 0 Å². The molecule has 0 unspecified atom stereocenters. The average molecular weight is 311 g/mol. The molecule has 1 N–H and O–H groups in total. The largest absolute Gasteiger partial charge is 0.493 e. The third-order valence-electron chi connectivity index (χ3n) is 3.80. The van der Waals surface area contributed by atoms with Gasteiger partial charge in [-0.05, 0) is 62.9 Å². The highest BCUT2D eigenvalue weighted by atomic mass is 16.5. The first-order chi connectivity index (χ1) is 11.0. The second-order valence-electron chi connectivity index (χ2n) is 6.09. The summed E-state index contributed by atoms with van der Waals surface area (Å²) in [7, 11) is 0. The fraction of sp³-hybridized carbons (Fsp3) is 0.350. The van der Waals surface area contributed by atoms with Gasteiger partial charge in [0.1, 0.15) is 5.75 Å². The van der Waals surface area contributed by atoms with Gasteiger partial charge in [0.25, 0.3) is 0 Å². The first kappa shape index (κ1) is 17.1. The van der Waals surface area contributed by atoms with Crippen molar-refractivity contribution in [1.82, 2.24) is 0 Å². The number of benzene rings is 2. The van der Waals surface area contributed by atoms with Crippen LogP contribution in [0.15, 0.2) is 36.4 Å². The molecule has 0 heterocycles. The van der Waals surface area contributed by atoms with Crippen LogP contribution in [0, 0.1) is 27.7 Å². The Balaban J connectivity index is 1.77. The first-order valence-electron chi connectivity index (χ1n) is 8.03. The van der Waals surface area contributed by atoms with E-state index >= 15 is 0 Å². The summed E-state index contributed by atoms with van der Waals surface area (Å²) in [6, 6.07) is 12.2. The summed E-state index contributed by atoms with van der Waals surface area (Å²) in [5, 5.41) is 2.97. The first-order valence-corrected chi connectivity index (χ1v) is 8.03. The van der Waals surface area contributed by atoms with Gasteiger partial charge in [-0.25, -0.2) is 0 Å². The summed E-state index contributed by atoms with van der Waals surface area (Å²) in [6.07, 6.45) is 1.16. The molecule has 0 aromatic heterocycles. The number of ether oxygens (including phenoxy) is 1. The zero-order valence-corrected chi connectivity index (χ0v) is 14.4. The van der Waals surface area contributed by atoms with Crippen LogP contribution in [0.4, 0.5) is 5.69 Å². The quantitative estimate of drug-likeness (QED) is 0.784. The summed E-state index contributed by atoms with van der Waals surface area (Å²) < 4.78 is 5.76. The average Bonchev–Trinajstić information content (AvgIpc) is 2.49. The Labute approximate surface area is 138 Å². The molecule has 23 heavy (non-hydrogen) atoms. The molecule has 1 amide bonds. The van der Waals surface area contributed by atoms with Gasteiger partial charge in [0.05, 0.1) is 6.61 Å². The van der Waals surface area contributed by atoms with Crippen molar-refractivity contribution in [1.29, 1.82) is 0 Å². The van der Waals surface area contributed by atoms with Crippen LogP contribution in [0.25, 0.3) is 0 Å². The van der Waals surface area contributed by atoms with Gasteiger partial charge in [0.2, 0.25) is 5.91 Å². The molecule has 2 aromatic rings. The van der Waals surface area contributed by atoms with Gasteiger partial charge in [-0.1, -0.05) is 29.8 Å². The molecule has 0 radical (unpaired) electrons. The molecule has 0 saturated carbocycles. The summed E-state index contributed by atoms with van der Waals surface area (Å²) in [6.45, 7) is 8.67. The zero-order chi connectivity index (χ0) is 16.8. The van der Waals surface area contributed by atoms with Crippen molar-refractivity contribution < 1.29 is 9.53 Å². The van der Waals surface area contributed by atoms with Gasteiger partial charge in [0.15, 0.2) is 0 Å². The van der Waals surface area contributed by atoms with Crippen LogP contribution in [0.2, 0.25) is 0 Å². The lowest BCUT2D eigenvalue weighted by Gasteiger charge is -2.11. The van der Waals surface area contributed by atoms with E-state index in [2.05, 4.69) is 18.3 Å². The summed E-state index contributed by atoms with van der Waals surface area (Å²) in [5.74, 6) is 0.925. The van der Waals surface area contributed by atoms with Crippen molar-refractivity contribution in [2.24, 2.45) is 0 Å². The lowest BCUT2D eigenvalue weighted by atomic mass is 10.1. The van der Waals surface area contributed by atoms with Crippen molar-refractivity contribution in [3.8, 4) is 5.75 Å². The second kappa shape index (κ2) is 7.82. The van der Waals surface area contributed by atoms with Crippen molar-refractivity contribution in [2.75, 3.05) is 11.9 Å². The van der Waals surface area contributed by atoms with E-state index in [4.69, 9.17) is 4.74 Å². The fourth-order valence-corrected chi connectivity index (χ4v) is 2.46. The van der Waals surface area contributed by atoms with E-state index in [1.54, 1.807) is 0 Å². The van der Waals surface area contributed by atoms with Gasteiger partial charge in [-0.3, -0.25) is 4.79 Å². The maximum absolute atomic E-state index is 12.0. The molecule has 0 spiro atoms. The van der Waals surface area contributed by atoms with Gasteiger partial charge < -0.3 is 10.1 Å². The maximum Gasteiger partial charge on any atom is 0.224 e. The molecule has 0 fully saturated rings. The Morgan fingerprint density at radius 2 is 1.65 bits per heavy atom. The summed E-state index contributed by atoms with van der Waals surface area (Å²) in [4.78, 5) is 12.0. The number of aryl methyl sites for hydroxylation is 4. The number of carbonyl (C=O) groups excluding carboxylic acids is 1. The zero-order valence-electron chi connectivity index (χ0n) is 14.4. The van der Waals surface area contributed by atoms with Crippen molar-refractivity contribution in [3.05, 3.63) is 58.7 Å². The highest BCUT2D eigenvalue weighted by Gasteiger charge is 2.06. The van der Waals surface area contributed by atoms with Crippen molar-refractivity contribution in [3.63, 3.8) is 0 Å². The lowest BCUT2D eigenvalue weighted by Crippen LogP contribution is -2.13. The van der Waals surface area contributed by atoms with E-state index in [9.17, 15) is 4.79 Å². The van der Waals surface area contributed by atoms with E-state index in [0.717, 1.165) is 28.1 Å². The normalized spacial score (nSPS) is 10.4. The molecule has 0 aliphatic rings. The SMILES string of the molecule is Cc1ccc(OCCCC(=O)Nc2cc(C)ccc2C)c(C)c1. The van der Waals surface area contributed by atoms with Crippen molar-refractivity contribution in [2.45, 2.75) is 40.5 Å². The van der Waals surface area contributed by atoms with Crippen LogP contribution in [-0.4, -0.2) is 12.5 Å². The number of anilines is 1. The van der Waals surface area contributed by atoms with Gasteiger partial charge >= 0.3 is 0 Å². The molecular formula is C20H25NO2. The molecule has 0 bridgehead atoms. The summed E-state index contributed by atoms with van der Waals surface area (Å²) in [5.41, 5.74) is 5.47. The molecule has 122 valence electrons. The van der Waals surface area contributed by atoms with Crippen LogP contribution in [-0.2, 0) is 4.79 Å². The van der Waals surface area contributed by atoms with Crippen LogP contribution in [0.3, 0.4) is 0 Å². The third-order valence-corrected chi connectivity index (χ3v) is 3.80. The highest BCUT2D eigenvalue weighted by Crippen LogP contribution is 2.19. The van der Waals surface area contributed by atoms with E-state index in [1.165, 1.54) is 5.56 Å². The number of rotatable bonds is 6. The molecule has 0 atom stereocenters. The minimum Gasteiger partial charge on any atom is -0.493 e. The Morgan fingerprint density at radius 1 is 0.957 bits per heavy atom. The lowest BCUT2D eigenvalue weighted by molar-refractivity contribution is -0.116. The predicted octanol–water partition coefficient (Wildman–Crippen LogP) is 4.72. The molecule has 0 aliphatic carbocycles. The van der Waals surface area contributed by atoms with E-state index < -0.39 is 0 Å². The number of carbonyl (C=O) groups is 1. The summed E-state index contributed by atoms with van der Waals surface area (Å²) >= 11 is 0. The Bertz CT molecular complexity index is 692. The topological polar surface area (TPSA) is 38.3 Å². The molecule has 2 rings (SSSR count). The van der Waals surface area contributed by atoms with Crippen LogP contribution >= 0.6 is 0 Å². The molecule has 0 aliphatic heterocycles. The minimum atomic E-state index is 0.0305. The number of hydrogen-bond donors (Lipinski definition) is 1. The number of amides is 1. The Kier molecular flexibility index (Phi) is 5.80.